The van der Waals surface area contributed by atoms with Crippen LogP contribution in [0.15, 0.2) is 28.7 Å². The maximum absolute atomic E-state index is 13.1. The third kappa shape index (κ3) is 4.00. The number of benzene rings is 1. The molecule has 0 aliphatic rings. The largest absolute Gasteiger partial charge is 0.349 e. The lowest BCUT2D eigenvalue weighted by atomic mass is 10.1. The van der Waals surface area contributed by atoms with Gasteiger partial charge in [-0.1, -0.05) is 28.1 Å². The van der Waals surface area contributed by atoms with Crippen molar-refractivity contribution in [3.05, 3.63) is 34.3 Å². The highest BCUT2D eigenvalue weighted by molar-refractivity contribution is 9.10. The van der Waals surface area contributed by atoms with Crippen molar-refractivity contribution < 1.29 is 9.18 Å². The summed E-state index contributed by atoms with van der Waals surface area (Å²) in [5.74, 6) is -0.592. The van der Waals surface area contributed by atoms with Crippen molar-refractivity contribution in [2.24, 2.45) is 0 Å². The molecule has 1 amide bonds. The third-order valence-corrected chi connectivity index (χ3v) is 2.43. The second-order valence-corrected chi connectivity index (χ2v) is 4.70. The SMILES string of the molecule is CC(C)(F)C(=O)NCc1ccc(Br)cc1. The summed E-state index contributed by atoms with van der Waals surface area (Å²) in [4.78, 5) is 11.2. The molecule has 0 aromatic heterocycles. The molecular formula is C11H13BrFNO. The van der Waals surface area contributed by atoms with E-state index in [2.05, 4.69) is 21.2 Å². The molecule has 0 heterocycles. The first-order valence-electron chi connectivity index (χ1n) is 4.61. The summed E-state index contributed by atoms with van der Waals surface area (Å²) in [6.07, 6.45) is 0. The van der Waals surface area contributed by atoms with Crippen LogP contribution in [0.25, 0.3) is 0 Å². The van der Waals surface area contributed by atoms with Gasteiger partial charge in [0.1, 0.15) is 0 Å². The van der Waals surface area contributed by atoms with Gasteiger partial charge in [-0.05, 0) is 31.5 Å². The van der Waals surface area contributed by atoms with Gasteiger partial charge < -0.3 is 5.32 Å². The minimum Gasteiger partial charge on any atom is -0.349 e. The quantitative estimate of drug-likeness (QED) is 0.902. The second-order valence-electron chi connectivity index (χ2n) is 3.78. The molecule has 82 valence electrons. The molecule has 4 heteroatoms. The van der Waals surface area contributed by atoms with Crippen LogP contribution in [0.5, 0.6) is 0 Å². The fourth-order valence-electron chi connectivity index (χ4n) is 0.995. The molecule has 1 N–H and O–H groups in total. The van der Waals surface area contributed by atoms with Gasteiger partial charge in [0.2, 0.25) is 0 Å². The van der Waals surface area contributed by atoms with Crippen LogP contribution >= 0.6 is 15.9 Å². The average molecular weight is 274 g/mol. The molecule has 2 nitrogen and oxygen atoms in total. The van der Waals surface area contributed by atoms with E-state index in [1.807, 2.05) is 24.3 Å². The van der Waals surface area contributed by atoms with Gasteiger partial charge in [-0.25, -0.2) is 4.39 Å². The molecule has 0 saturated heterocycles. The number of rotatable bonds is 3. The zero-order valence-corrected chi connectivity index (χ0v) is 10.3. The Morgan fingerprint density at radius 1 is 1.40 bits per heavy atom. The number of hydrogen-bond donors (Lipinski definition) is 1. The second kappa shape index (κ2) is 4.75. The smallest absolute Gasteiger partial charge is 0.257 e. The Morgan fingerprint density at radius 3 is 2.40 bits per heavy atom. The first kappa shape index (κ1) is 12.2. The monoisotopic (exact) mass is 273 g/mol. The first-order valence-corrected chi connectivity index (χ1v) is 5.40. The van der Waals surface area contributed by atoms with Crippen molar-refractivity contribution in [3.63, 3.8) is 0 Å². The average Bonchev–Trinajstić information content (AvgIpc) is 2.15. The van der Waals surface area contributed by atoms with Gasteiger partial charge in [-0.15, -0.1) is 0 Å². The molecule has 0 unspecified atom stereocenters. The van der Waals surface area contributed by atoms with Crippen molar-refractivity contribution in [2.75, 3.05) is 0 Å². The Balaban J connectivity index is 2.51. The van der Waals surface area contributed by atoms with Crippen molar-refractivity contribution >= 4 is 21.8 Å². The van der Waals surface area contributed by atoms with Gasteiger partial charge >= 0.3 is 0 Å². The number of nitrogens with one attached hydrogen (secondary N) is 1. The van der Waals surface area contributed by atoms with Crippen LogP contribution in [0.4, 0.5) is 4.39 Å². The standard InChI is InChI=1S/C11H13BrFNO/c1-11(2,13)10(15)14-7-8-3-5-9(12)6-4-8/h3-6H,7H2,1-2H3,(H,14,15). The summed E-state index contributed by atoms with van der Waals surface area (Å²) in [6, 6.07) is 7.50. The number of halogens is 2. The van der Waals surface area contributed by atoms with E-state index in [1.54, 1.807) is 0 Å². The summed E-state index contributed by atoms with van der Waals surface area (Å²) in [5, 5.41) is 2.53. The van der Waals surface area contributed by atoms with E-state index < -0.39 is 11.6 Å². The summed E-state index contributed by atoms with van der Waals surface area (Å²) in [7, 11) is 0. The molecule has 0 bridgehead atoms. The van der Waals surface area contributed by atoms with E-state index in [4.69, 9.17) is 0 Å². The molecular weight excluding hydrogens is 261 g/mol. The third-order valence-electron chi connectivity index (χ3n) is 1.91. The minimum absolute atomic E-state index is 0.347. The van der Waals surface area contributed by atoms with Crippen molar-refractivity contribution in [2.45, 2.75) is 26.1 Å². The molecule has 0 aliphatic heterocycles. The molecule has 0 atom stereocenters. The van der Waals surface area contributed by atoms with Crippen LogP contribution in [0.1, 0.15) is 19.4 Å². The Labute approximate surface area is 97.0 Å². The Bertz CT molecular complexity index is 343. The molecule has 0 saturated carbocycles. The fraction of sp³-hybridized carbons (Fsp3) is 0.364. The zero-order valence-electron chi connectivity index (χ0n) is 8.68. The molecule has 1 rings (SSSR count). The zero-order chi connectivity index (χ0) is 11.5. The summed E-state index contributed by atoms with van der Waals surface area (Å²) in [5.41, 5.74) is -0.883. The van der Waals surface area contributed by atoms with E-state index in [9.17, 15) is 9.18 Å². The maximum atomic E-state index is 13.1. The molecule has 0 fully saturated rings. The molecule has 1 aromatic rings. The van der Waals surface area contributed by atoms with E-state index >= 15 is 0 Å². The lowest BCUT2D eigenvalue weighted by Gasteiger charge is -2.13. The Kier molecular flexibility index (Phi) is 3.85. The lowest BCUT2D eigenvalue weighted by Crippen LogP contribution is -2.38. The lowest BCUT2D eigenvalue weighted by molar-refractivity contribution is -0.130. The number of amides is 1. The van der Waals surface area contributed by atoms with E-state index in [1.165, 1.54) is 13.8 Å². The molecule has 0 spiro atoms. The van der Waals surface area contributed by atoms with Crippen LogP contribution < -0.4 is 5.32 Å². The van der Waals surface area contributed by atoms with Gasteiger partial charge in [0.05, 0.1) is 0 Å². The van der Waals surface area contributed by atoms with Crippen LogP contribution in [-0.2, 0) is 11.3 Å². The van der Waals surface area contributed by atoms with Crippen molar-refractivity contribution in [1.82, 2.24) is 5.32 Å². The van der Waals surface area contributed by atoms with Crippen molar-refractivity contribution in [3.8, 4) is 0 Å². The van der Waals surface area contributed by atoms with Crippen molar-refractivity contribution in [1.29, 1.82) is 0 Å². The van der Waals surface area contributed by atoms with Gasteiger partial charge in [0.25, 0.3) is 5.91 Å². The minimum atomic E-state index is -1.82. The predicted octanol–water partition coefficient (Wildman–Crippen LogP) is 2.81. The first-order chi connectivity index (χ1) is 6.89. The van der Waals surface area contributed by atoms with Crippen LogP contribution in [0.2, 0.25) is 0 Å². The van der Waals surface area contributed by atoms with Crippen LogP contribution in [-0.4, -0.2) is 11.6 Å². The summed E-state index contributed by atoms with van der Waals surface area (Å²) in [6.45, 7) is 2.83. The summed E-state index contributed by atoms with van der Waals surface area (Å²) >= 11 is 3.31. The Hall–Kier alpha value is -0.900. The normalized spacial score (nSPS) is 11.2. The van der Waals surface area contributed by atoms with Crippen LogP contribution in [0.3, 0.4) is 0 Å². The van der Waals surface area contributed by atoms with E-state index in [-0.39, 0.29) is 0 Å². The number of hydrogen-bond acceptors (Lipinski definition) is 1. The molecule has 0 radical (unpaired) electrons. The number of carbonyl (C=O) groups excluding carboxylic acids is 1. The van der Waals surface area contributed by atoms with Gasteiger partial charge in [-0.3, -0.25) is 4.79 Å². The topological polar surface area (TPSA) is 29.1 Å². The predicted molar refractivity (Wildman–Crippen MR) is 61.2 cm³/mol. The van der Waals surface area contributed by atoms with E-state index in [0.717, 1.165) is 10.0 Å². The summed E-state index contributed by atoms with van der Waals surface area (Å²) < 4.78 is 14.1. The van der Waals surface area contributed by atoms with Gasteiger partial charge in [0.15, 0.2) is 5.67 Å². The highest BCUT2D eigenvalue weighted by atomic mass is 79.9. The van der Waals surface area contributed by atoms with E-state index in [0.29, 0.717) is 6.54 Å². The number of carbonyl (C=O) groups is 1. The Morgan fingerprint density at radius 2 is 1.93 bits per heavy atom. The molecule has 15 heavy (non-hydrogen) atoms. The fourth-order valence-corrected chi connectivity index (χ4v) is 1.26. The van der Waals surface area contributed by atoms with Gasteiger partial charge in [0, 0.05) is 11.0 Å². The number of alkyl halides is 1. The molecule has 0 aliphatic carbocycles. The van der Waals surface area contributed by atoms with Crippen LogP contribution in [0, 0.1) is 0 Å². The molecule has 1 aromatic carbocycles. The van der Waals surface area contributed by atoms with Gasteiger partial charge in [-0.2, -0.15) is 0 Å². The highest BCUT2D eigenvalue weighted by Gasteiger charge is 2.25. The highest BCUT2D eigenvalue weighted by Crippen LogP contribution is 2.11. The maximum Gasteiger partial charge on any atom is 0.257 e.